The molecule has 0 aromatic heterocycles. The van der Waals surface area contributed by atoms with Crippen LogP contribution in [-0.4, -0.2) is 51.3 Å². The topological polar surface area (TPSA) is 136 Å². The van der Waals surface area contributed by atoms with E-state index in [9.17, 15) is 0 Å². The molecule has 0 aliphatic heterocycles. The molecule has 0 amide bonds. The molecule has 0 aliphatic rings. The van der Waals surface area contributed by atoms with E-state index in [1.54, 1.807) is 4.90 Å². The summed E-state index contributed by atoms with van der Waals surface area (Å²) >= 11 is 0. The Morgan fingerprint density at radius 2 is 0.930 bits per heavy atom. The predicted octanol–water partition coefficient (Wildman–Crippen LogP) is 8.83. The van der Waals surface area contributed by atoms with E-state index in [0.717, 1.165) is 47.3 Å². The first-order valence-electron chi connectivity index (χ1n) is 22.5. The van der Waals surface area contributed by atoms with E-state index in [0.29, 0.717) is 10.8 Å². The normalized spacial score (nSPS) is 13.8. The quantitative estimate of drug-likeness (QED) is 0.0287. The first-order chi connectivity index (χ1) is 25.6. The Hall–Kier alpha value is 0.116. The third-order valence-corrected chi connectivity index (χ3v) is 10.4. The van der Waals surface area contributed by atoms with Crippen molar-refractivity contribution in [3.8, 4) is 0 Å². The van der Waals surface area contributed by atoms with Gasteiger partial charge in [-0.3, -0.25) is 0 Å². The minimum absolute atomic E-state index is 0. The monoisotopic (exact) mass is 843 g/mol. The molecule has 4 atom stereocenters. The number of nitrogens with one attached hydrogen (secondary N) is 1. The van der Waals surface area contributed by atoms with Crippen LogP contribution in [0.5, 0.6) is 0 Å². The molecule has 4 unspecified atom stereocenters. The Morgan fingerprint density at radius 1 is 0.596 bits per heavy atom. The minimum atomic E-state index is -1.75. The first-order valence-corrected chi connectivity index (χ1v) is 22.5. The summed E-state index contributed by atoms with van der Waals surface area (Å²) in [6, 6.07) is 0. The van der Waals surface area contributed by atoms with Gasteiger partial charge in [-0.2, -0.15) is 0 Å². The molecule has 0 fully saturated rings. The minimum Gasteiger partial charge on any atom is -0.635 e. The van der Waals surface area contributed by atoms with Crippen molar-refractivity contribution in [1.29, 1.82) is 0 Å². The second-order valence-electron chi connectivity index (χ2n) is 21.8. The molecular formula is C46H99KN4O6. The van der Waals surface area contributed by atoms with Crippen molar-refractivity contribution >= 4 is 0 Å². The van der Waals surface area contributed by atoms with Crippen molar-refractivity contribution in [2.75, 3.05) is 41.3 Å². The van der Waals surface area contributed by atoms with Crippen LogP contribution in [0.3, 0.4) is 0 Å². The van der Waals surface area contributed by atoms with Gasteiger partial charge in [0.15, 0.2) is 0 Å². The molecule has 10 nitrogen and oxygen atoms in total. The van der Waals surface area contributed by atoms with Gasteiger partial charge in [0.05, 0.1) is 25.7 Å². The van der Waals surface area contributed by atoms with E-state index in [4.69, 9.17) is 25.5 Å². The summed E-state index contributed by atoms with van der Waals surface area (Å²) in [5.74, 6) is 7.14. The first kappa shape index (κ1) is 66.2. The third kappa shape index (κ3) is 62.9. The molecular weight excluding hydrogens is 744 g/mol. The van der Waals surface area contributed by atoms with Crippen molar-refractivity contribution in [1.82, 2.24) is 4.90 Å². The smallest absolute Gasteiger partial charge is 0.635 e. The summed E-state index contributed by atoms with van der Waals surface area (Å²) in [6.45, 7) is 36.1. The van der Waals surface area contributed by atoms with Crippen molar-refractivity contribution in [3.05, 3.63) is 20.2 Å². The molecule has 0 spiro atoms. The Labute approximate surface area is 398 Å². The molecule has 57 heavy (non-hydrogen) atoms. The summed E-state index contributed by atoms with van der Waals surface area (Å²) in [7, 11) is 8.98. The molecule has 11 heteroatoms. The van der Waals surface area contributed by atoms with E-state index in [1.165, 1.54) is 121 Å². The maximum atomic E-state index is 8.39. The molecule has 0 saturated carbocycles. The average Bonchev–Trinajstić information content (AvgIpc) is 3.02. The van der Waals surface area contributed by atoms with E-state index in [1.807, 2.05) is 0 Å². The van der Waals surface area contributed by atoms with E-state index < -0.39 is 5.09 Å². The summed E-state index contributed by atoms with van der Waals surface area (Å²) in [4.78, 5) is 22.9. The van der Waals surface area contributed by atoms with E-state index >= 15 is 0 Å². The second kappa shape index (κ2) is 40.2. The molecule has 0 radical (unpaired) electrons. The number of hydrogen-bond donors (Lipinski definition) is 1. The molecule has 340 valence electrons. The fourth-order valence-corrected chi connectivity index (χ4v) is 7.55. The molecule has 0 aliphatic carbocycles. The molecule has 0 aromatic rings. The zero-order chi connectivity index (χ0) is 44.5. The zero-order valence-electron chi connectivity index (χ0n) is 41.6. The standard InChI is InChI=1S/2C23H49N.K.HNO3.NO3/c2*1-19(2)12-13-21(11-10-16-24(8)9)18-22(17-20(3)4)14-15-23(5,6)7;;2-1-4-3;2-1(3)4/h2*19-22H,10-18H2,1-9H3;;3H;/q;;+1;;-1. The van der Waals surface area contributed by atoms with Crippen LogP contribution in [0.2, 0.25) is 0 Å². The van der Waals surface area contributed by atoms with Crippen LogP contribution in [0.25, 0.3) is 0 Å². The Bertz CT molecular complexity index is 812. The number of hydrogen-bond acceptors (Lipinski definition) is 8. The molecule has 0 rings (SSSR count). The maximum Gasteiger partial charge on any atom is 1.00 e. The summed E-state index contributed by atoms with van der Waals surface area (Å²) in [5, 5.41) is 24.5. The molecule has 0 bridgehead atoms. The van der Waals surface area contributed by atoms with Gasteiger partial charge >= 0.3 is 51.4 Å². The van der Waals surface area contributed by atoms with Crippen LogP contribution >= 0.6 is 0 Å². The molecule has 0 saturated heterocycles. The third-order valence-electron chi connectivity index (χ3n) is 10.4. The average molecular weight is 843 g/mol. The van der Waals surface area contributed by atoms with Crippen LogP contribution < -0.4 is 61.5 Å². The largest absolute Gasteiger partial charge is 1.00 e. The Morgan fingerprint density at radius 3 is 1.18 bits per heavy atom. The van der Waals surface area contributed by atoms with Crippen molar-refractivity contribution in [2.45, 2.75) is 200 Å². The van der Waals surface area contributed by atoms with Gasteiger partial charge in [-0.1, -0.05) is 123 Å². The van der Waals surface area contributed by atoms with E-state index in [2.05, 4.69) is 135 Å². The molecule has 1 N–H and O–H groups in total. The van der Waals surface area contributed by atoms with Gasteiger partial charge in [0.1, 0.15) is 5.34 Å². The Kier molecular flexibility index (Phi) is 46.7. The summed E-state index contributed by atoms with van der Waals surface area (Å²) in [5.41, 5.74) is 0.963. The maximum absolute atomic E-state index is 8.39. The van der Waals surface area contributed by atoms with Gasteiger partial charge in [-0.05, 0) is 156 Å². The van der Waals surface area contributed by atoms with Crippen LogP contribution in [0, 0.1) is 78.4 Å². The van der Waals surface area contributed by atoms with Crippen LogP contribution in [0.1, 0.15) is 200 Å². The van der Waals surface area contributed by atoms with Crippen molar-refractivity contribution in [3.63, 3.8) is 0 Å². The predicted molar refractivity (Wildman–Crippen MR) is 240 cm³/mol. The second-order valence-corrected chi connectivity index (χ2v) is 21.8. The zero-order valence-corrected chi connectivity index (χ0v) is 44.8. The van der Waals surface area contributed by atoms with E-state index in [-0.39, 0.29) is 51.4 Å². The number of nitrogens with zero attached hydrogens (tertiary/aromatic N) is 3. The number of rotatable bonds is 27. The van der Waals surface area contributed by atoms with Gasteiger partial charge < -0.3 is 35.4 Å². The van der Waals surface area contributed by atoms with Crippen molar-refractivity contribution in [2.24, 2.45) is 63.5 Å². The van der Waals surface area contributed by atoms with Crippen LogP contribution in [0.4, 0.5) is 0 Å². The summed E-state index contributed by atoms with van der Waals surface area (Å²) in [6.07, 6.45) is 22.7. The fourth-order valence-electron chi connectivity index (χ4n) is 7.55. The molecule has 0 heterocycles. The summed E-state index contributed by atoms with van der Waals surface area (Å²) < 4.78 is 0. The van der Waals surface area contributed by atoms with Gasteiger partial charge in [0.25, 0.3) is 0 Å². The van der Waals surface area contributed by atoms with Crippen LogP contribution in [-0.2, 0) is 4.99 Å². The molecule has 0 aromatic carbocycles. The fraction of sp³-hybridized carbons (Fsp3) is 1.00. The van der Waals surface area contributed by atoms with Gasteiger partial charge in [0, 0.05) is 0 Å². The van der Waals surface area contributed by atoms with Gasteiger partial charge in [-0.25, -0.2) is 0 Å². The van der Waals surface area contributed by atoms with Gasteiger partial charge in [0.2, 0.25) is 0 Å². The van der Waals surface area contributed by atoms with Crippen LogP contribution in [0.15, 0.2) is 5.34 Å². The Balaban J connectivity index is -0.000000261. The van der Waals surface area contributed by atoms with Crippen molar-refractivity contribution < 1.29 is 71.6 Å². The SMILES string of the molecule is CC(C)CCC(CCCN(C)C)CC(CCC(C)(C)C)CC(C)C.CC(C)CCC(CCC[NH+](C)C)CC(CCC(C)(C)C)CC(C)C.O=NO[O-].O=[N+]([O-])[O-].[K+]. The van der Waals surface area contributed by atoms with Gasteiger partial charge in [-0.15, -0.1) is 4.91 Å². The number of quaternary nitrogens is 1.